The van der Waals surface area contributed by atoms with Gasteiger partial charge in [-0.25, -0.2) is 9.45 Å². The summed E-state index contributed by atoms with van der Waals surface area (Å²) in [4.78, 5) is 21.7. The molecule has 29 heavy (non-hydrogen) atoms. The highest BCUT2D eigenvalue weighted by atomic mass is 31.2. The summed E-state index contributed by atoms with van der Waals surface area (Å²) in [6.45, 7) is 6.87. The molecule has 1 heterocycles. The van der Waals surface area contributed by atoms with E-state index in [9.17, 15) is 9.46 Å². The van der Waals surface area contributed by atoms with Gasteiger partial charge in [-0.1, -0.05) is 24.8 Å². The van der Waals surface area contributed by atoms with Crippen LogP contribution in [0.3, 0.4) is 0 Å². The lowest BCUT2D eigenvalue weighted by Crippen LogP contribution is -2.76. The molecular weight excluding hydrogens is 391 g/mol. The van der Waals surface area contributed by atoms with Crippen LogP contribution >= 0.6 is 7.60 Å². The first-order valence-corrected chi connectivity index (χ1v) is 12.4. The Labute approximate surface area is 171 Å². The summed E-state index contributed by atoms with van der Waals surface area (Å²) in [5.74, 6) is 1.66. The highest BCUT2D eigenvalue weighted by Gasteiger charge is 2.76. The molecule has 158 valence electrons. The Bertz CT molecular complexity index is 873. The third-order valence-corrected chi connectivity index (χ3v) is 8.24. The lowest BCUT2D eigenvalue weighted by Gasteiger charge is -2.68. The zero-order valence-electron chi connectivity index (χ0n) is 17.2. The highest BCUT2D eigenvalue weighted by molar-refractivity contribution is 7.52. The van der Waals surface area contributed by atoms with Gasteiger partial charge in [-0.2, -0.15) is 4.89 Å². The predicted molar refractivity (Wildman–Crippen MR) is 108 cm³/mol. The van der Waals surface area contributed by atoms with Crippen molar-refractivity contribution in [2.45, 2.75) is 50.4 Å². The van der Waals surface area contributed by atoms with Gasteiger partial charge >= 0.3 is 7.60 Å². The van der Waals surface area contributed by atoms with E-state index in [0.29, 0.717) is 23.1 Å². The third-order valence-electron chi connectivity index (χ3n) is 7.72. The van der Waals surface area contributed by atoms with Gasteiger partial charge < -0.3 is 14.2 Å². The van der Waals surface area contributed by atoms with Crippen LogP contribution in [0, 0.1) is 30.6 Å². The van der Waals surface area contributed by atoms with Gasteiger partial charge in [0.1, 0.15) is 5.75 Å². The number of rotatable bonds is 5. The summed E-state index contributed by atoms with van der Waals surface area (Å²) in [6, 6.07) is 3.79. The van der Waals surface area contributed by atoms with Crippen LogP contribution in [0.4, 0.5) is 0 Å². The van der Waals surface area contributed by atoms with Crippen LogP contribution in [0.15, 0.2) is 18.7 Å². The van der Waals surface area contributed by atoms with Gasteiger partial charge in [0.25, 0.3) is 5.79 Å². The van der Waals surface area contributed by atoms with E-state index in [2.05, 4.69) is 6.58 Å². The van der Waals surface area contributed by atoms with E-state index in [-0.39, 0.29) is 0 Å². The van der Waals surface area contributed by atoms with Crippen molar-refractivity contribution in [3.05, 3.63) is 35.4 Å². The zero-order valence-corrected chi connectivity index (χ0v) is 18.1. The van der Waals surface area contributed by atoms with E-state index in [1.807, 2.05) is 19.1 Å². The number of benzene rings is 1. The van der Waals surface area contributed by atoms with E-state index in [1.165, 1.54) is 13.1 Å². The second-order valence-electron chi connectivity index (χ2n) is 9.34. The van der Waals surface area contributed by atoms with E-state index < -0.39 is 19.0 Å². The van der Waals surface area contributed by atoms with Crippen LogP contribution in [0.2, 0.25) is 0 Å². The molecule has 2 atom stereocenters. The summed E-state index contributed by atoms with van der Waals surface area (Å²) in [7, 11) is -2.09. The second-order valence-corrected chi connectivity index (χ2v) is 11.1. The minimum absolute atomic E-state index is 0.344. The van der Waals surface area contributed by atoms with Crippen molar-refractivity contribution in [2.75, 3.05) is 13.8 Å². The van der Waals surface area contributed by atoms with Crippen molar-refractivity contribution >= 4 is 13.7 Å². The Kier molecular flexibility index (Phi) is 4.37. The predicted octanol–water partition coefficient (Wildman–Crippen LogP) is 4.79. The van der Waals surface area contributed by atoms with Gasteiger partial charge in [-0.3, -0.25) is 0 Å². The van der Waals surface area contributed by atoms with E-state index in [0.717, 1.165) is 48.6 Å². The molecule has 1 saturated heterocycles. The standard InChI is InChI=1S/C22H29O6P/c1-5-16-6-7-19(13(2)20(16)26-29(4,23)24)22(25-3)21(27-28-22)17-9-14-8-15(11-17)12-18(21)10-14/h5-7,14-15,17-18H,1,8-12H2,2-4H3,(H,23,24). The Hall–Kier alpha value is -1.17. The van der Waals surface area contributed by atoms with Crippen molar-refractivity contribution in [2.24, 2.45) is 23.7 Å². The first-order chi connectivity index (χ1) is 13.7. The summed E-state index contributed by atoms with van der Waals surface area (Å²) < 4.78 is 23.6. The van der Waals surface area contributed by atoms with Crippen molar-refractivity contribution in [1.29, 1.82) is 0 Å². The molecule has 1 aromatic carbocycles. The average Bonchev–Trinajstić information content (AvgIpc) is 2.63. The van der Waals surface area contributed by atoms with Gasteiger partial charge in [0, 0.05) is 30.5 Å². The molecule has 0 aromatic heterocycles. The quantitative estimate of drug-likeness (QED) is 0.546. The Morgan fingerprint density at radius 1 is 1.17 bits per heavy atom. The van der Waals surface area contributed by atoms with Crippen molar-refractivity contribution in [3.63, 3.8) is 0 Å². The number of hydrogen-bond acceptors (Lipinski definition) is 5. The maximum absolute atomic E-state index is 12.0. The molecule has 5 fully saturated rings. The maximum atomic E-state index is 12.0. The van der Waals surface area contributed by atoms with Crippen LogP contribution in [-0.4, -0.2) is 24.3 Å². The topological polar surface area (TPSA) is 74.2 Å². The van der Waals surface area contributed by atoms with Gasteiger partial charge in [-0.05, 0) is 62.7 Å². The number of methoxy groups -OCH3 is 1. The Morgan fingerprint density at radius 3 is 2.24 bits per heavy atom. The first kappa shape index (κ1) is 19.8. The molecule has 2 unspecified atom stereocenters. The molecule has 1 spiro atoms. The molecule has 1 aliphatic heterocycles. The van der Waals surface area contributed by atoms with Gasteiger partial charge in [0.15, 0.2) is 5.60 Å². The molecule has 5 aliphatic rings. The van der Waals surface area contributed by atoms with Crippen LogP contribution in [0.25, 0.3) is 6.08 Å². The fourth-order valence-electron chi connectivity index (χ4n) is 6.85. The van der Waals surface area contributed by atoms with E-state index in [4.69, 9.17) is 19.0 Å². The molecule has 4 bridgehead atoms. The Balaban J connectivity index is 1.64. The minimum atomic E-state index is -3.75. The lowest BCUT2D eigenvalue weighted by molar-refractivity contribution is -0.645. The van der Waals surface area contributed by atoms with Crippen LogP contribution in [-0.2, 0) is 24.9 Å². The van der Waals surface area contributed by atoms with E-state index >= 15 is 0 Å². The molecule has 1 N–H and O–H groups in total. The smallest absolute Gasteiger partial charge is 0.373 e. The highest BCUT2D eigenvalue weighted by Crippen LogP contribution is 2.69. The molecular formula is C22H29O6P. The fourth-order valence-corrected chi connectivity index (χ4v) is 7.43. The van der Waals surface area contributed by atoms with Crippen LogP contribution < -0.4 is 4.52 Å². The molecule has 6 rings (SSSR count). The van der Waals surface area contributed by atoms with Crippen LogP contribution in [0.5, 0.6) is 5.75 Å². The van der Waals surface area contributed by atoms with Crippen molar-refractivity contribution in [1.82, 2.24) is 0 Å². The number of hydrogen-bond donors (Lipinski definition) is 1. The summed E-state index contributed by atoms with van der Waals surface area (Å²) in [5, 5.41) is 0. The molecule has 6 nitrogen and oxygen atoms in total. The second kappa shape index (κ2) is 6.41. The normalized spacial score (nSPS) is 41.8. The summed E-state index contributed by atoms with van der Waals surface area (Å²) >= 11 is 0. The van der Waals surface area contributed by atoms with Crippen molar-refractivity contribution < 1.29 is 28.5 Å². The van der Waals surface area contributed by atoms with E-state index in [1.54, 1.807) is 13.2 Å². The minimum Gasteiger partial charge on any atom is -0.424 e. The van der Waals surface area contributed by atoms with Gasteiger partial charge in [0.05, 0.1) is 0 Å². The molecule has 4 saturated carbocycles. The van der Waals surface area contributed by atoms with Crippen molar-refractivity contribution in [3.8, 4) is 5.75 Å². The van der Waals surface area contributed by atoms with Gasteiger partial charge in [0.2, 0.25) is 0 Å². The largest absolute Gasteiger partial charge is 0.424 e. The fraction of sp³-hybridized carbons (Fsp3) is 0.636. The monoisotopic (exact) mass is 420 g/mol. The summed E-state index contributed by atoms with van der Waals surface area (Å²) in [6.07, 6.45) is 7.56. The summed E-state index contributed by atoms with van der Waals surface area (Å²) in [5.41, 5.74) is 1.67. The maximum Gasteiger partial charge on any atom is 0.373 e. The SMILES string of the molecule is C=Cc1ccc(C2(OC)OOC23C2CC4CC(C2)CC3C4)c(C)c1OP(C)(=O)O. The Morgan fingerprint density at radius 2 is 1.79 bits per heavy atom. The van der Waals surface area contributed by atoms with Gasteiger partial charge in [-0.15, -0.1) is 0 Å². The molecule has 7 heteroatoms. The third kappa shape index (κ3) is 2.60. The first-order valence-electron chi connectivity index (χ1n) is 10.4. The molecule has 0 radical (unpaired) electrons. The molecule has 0 amide bonds. The number of ether oxygens (including phenoxy) is 1. The zero-order chi connectivity index (χ0) is 20.6. The lowest BCUT2D eigenvalue weighted by atomic mass is 9.47. The molecule has 4 aliphatic carbocycles. The van der Waals surface area contributed by atoms with Crippen LogP contribution in [0.1, 0.15) is 48.8 Å². The average molecular weight is 420 g/mol. The molecule has 1 aromatic rings.